The van der Waals surface area contributed by atoms with Crippen LogP contribution in [-0.4, -0.2) is 6.73 Å². The van der Waals surface area contributed by atoms with Crippen LogP contribution >= 0.6 is 0 Å². The molecule has 0 unspecified atom stereocenters. The molecular formula is C11H21NO. The second-order valence-electron chi connectivity index (χ2n) is 1.65. The number of hydrogen-bond donors (Lipinski definition) is 1. The van der Waals surface area contributed by atoms with Gasteiger partial charge in [0.2, 0.25) is 0 Å². The first-order chi connectivity index (χ1) is 6.38. The predicted molar refractivity (Wildman–Crippen MR) is 59.2 cm³/mol. The molecule has 2 heteroatoms. The van der Waals surface area contributed by atoms with E-state index in [-0.39, 0.29) is 0 Å². The number of rotatable bonds is 2. The van der Waals surface area contributed by atoms with Crippen molar-refractivity contribution in [3.63, 3.8) is 0 Å². The first-order valence-electron chi connectivity index (χ1n) is 4.74. The lowest BCUT2D eigenvalue weighted by Gasteiger charge is -1.90. The van der Waals surface area contributed by atoms with Gasteiger partial charge in [0.15, 0.2) is 6.73 Å². The van der Waals surface area contributed by atoms with Gasteiger partial charge < -0.3 is 10.1 Å². The van der Waals surface area contributed by atoms with Crippen LogP contribution < -0.4 is 5.32 Å². The van der Waals surface area contributed by atoms with E-state index in [0.29, 0.717) is 6.73 Å². The van der Waals surface area contributed by atoms with E-state index in [0.717, 1.165) is 11.5 Å². The molecule has 0 aromatic rings. The Morgan fingerprint density at radius 3 is 2.00 bits per heavy atom. The summed E-state index contributed by atoms with van der Waals surface area (Å²) < 4.78 is 5.08. The third kappa shape index (κ3) is 5.12. The van der Waals surface area contributed by atoms with E-state index in [1.165, 1.54) is 0 Å². The van der Waals surface area contributed by atoms with Crippen LogP contribution in [0.2, 0.25) is 0 Å². The average molecular weight is 183 g/mol. The Kier molecular flexibility index (Phi) is 11.9. The fraction of sp³-hybridized carbons (Fsp3) is 0.455. The Morgan fingerprint density at radius 2 is 1.69 bits per heavy atom. The summed E-state index contributed by atoms with van der Waals surface area (Å²) in [5.41, 5.74) is 0.921. The maximum Gasteiger partial charge on any atom is 0.159 e. The summed E-state index contributed by atoms with van der Waals surface area (Å²) in [5.74, 6) is 0.782. The van der Waals surface area contributed by atoms with Gasteiger partial charge in [-0.25, -0.2) is 0 Å². The van der Waals surface area contributed by atoms with Crippen molar-refractivity contribution in [3.8, 4) is 0 Å². The number of hydrogen-bond acceptors (Lipinski definition) is 2. The van der Waals surface area contributed by atoms with Gasteiger partial charge in [-0.3, -0.25) is 0 Å². The molecule has 0 aromatic carbocycles. The highest BCUT2D eigenvalue weighted by Crippen LogP contribution is 2.10. The second-order valence-corrected chi connectivity index (χ2v) is 1.65. The van der Waals surface area contributed by atoms with E-state index < -0.39 is 0 Å². The molecule has 0 aliphatic carbocycles. The molecule has 1 rings (SSSR count). The summed E-state index contributed by atoms with van der Waals surface area (Å²) in [6.07, 6.45) is 3.38. The molecular weight excluding hydrogens is 162 g/mol. The molecule has 1 N–H and O–H groups in total. The summed E-state index contributed by atoms with van der Waals surface area (Å²) >= 11 is 0. The summed E-state index contributed by atoms with van der Waals surface area (Å²) in [4.78, 5) is 0. The number of nitrogens with one attached hydrogen (secondary N) is 1. The summed E-state index contributed by atoms with van der Waals surface area (Å²) in [7, 11) is 0. The smallest absolute Gasteiger partial charge is 0.159 e. The summed E-state index contributed by atoms with van der Waals surface area (Å²) in [6, 6.07) is 0. The van der Waals surface area contributed by atoms with Gasteiger partial charge in [-0.05, 0) is 12.2 Å². The van der Waals surface area contributed by atoms with Crippen molar-refractivity contribution in [2.45, 2.75) is 27.7 Å². The van der Waals surface area contributed by atoms with Gasteiger partial charge >= 0.3 is 0 Å². The average Bonchev–Trinajstić information content (AvgIpc) is 2.70. The Hall–Kier alpha value is -1.18. The minimum absolute atomic E-state index is 0.530. The van der Waals surface area contributed by atoms with Crippen LogP contribution in [0.5, 0.6) is 0 Å². The molecule has 1 aliphatic heterocycles. The summed E-state index contributed by atoms with van der Waals surface area (Å²) in [5, 5.41) is 2.98. The quantitative estimate of drug-likeness (QED) is 0.710. The Bertz CT molecular complexity index is 153. The first-order valence-corrected chi connectivity index (χ1v) is 4.74. The van der Waals surface area contributed by atoms with Crippen LogP contribution in [0.4, 0.5) is 0 Å². The Morgan fingerprint density at radius 1 is 1.15 bits per heavy atom. The Labute approximate surface area is 82.0 Å². The lowest BCUT2D eigenvalue weighted by atomic mass is 10.3. The lowest BCUT2D eigenvalue weighted by molar-refractivity contribution is 0.244. The molecule has 0 spiro atoms. The number of allylic oxidation sites excluding steroid dienone is 2. The van der Waals surface area contributed by atoms with Gasteiger partial charge in [0.05, 0.1) is 5.70 Å². The van der Waals surface area contributed by atoms with Crippen molar-refractivity contribution in [1.82, 2.24) is 5.32 Å². The van der Waals surface area contributed by atoms with Crippen LogP contribution in [0.15, 0.2) is 36.8 Å². The lowest BCUT2D eigenvalue weighted by Crippen LogP contribution is -2.05. The maximum absolute atomic E-state index is 5.08. The molecule has 0 atom stereocenters. The van der Waals surface area contributed by atoms with Crippen LogP contribution in [0, 0.1) is 0 Å². The fourth-order valence-corrected chi connectivity index (χ4v) is 0.698. The zero-order valence-electron chi connectivity index (χ0n) is 9.18. The monoisotopic (exact) mass is 183 g/mol. The van der Waals surface area contributed by atoms with Crippen molar-refractivity contribution in [2.75, 3.05) is 6.73 Å². The van der Waals surface area contributed by atoms with Crippen molar-refractivity contribution in [1.29, 1.82) is 0 Å². The van der Waals surface area contributed by atoms with Crippen LogP contribution in [0.25, 0.3) is 0 Å². The largest absolute Gasteiger partial charge is 0.471 e. The van der Waals surface area contributed by atoms with Gasteiger partial charge in [-0.15, -0.1) is 0 Å². The van der Waals surface area contributed by atoms with Gasteiger partial charge in [-0.1, -0.05) is 40.9 Å². The molecule has 1 aliphatic rings. The van der Waals surface area contributed by atoms with Gasteiger partial charge in [-0.2, -0.15) is 0 Å². The van der Waals surface area contributed by atoms with E-state index >= 15 is 0 Å². The number of ether oxygens (including phenoxy) is 1. The fourth-order valence-electron chi connectivity index (χ4n) is 0.698. The molecule has 76 valence electrons. The van der Waals surface area contributed by atoms with Crippen molar-refractivity contribution in [2.24, 2.45) is 0 Å². The molecule has 13 heavy (non-hydrogen) atoms. The van der Waals surface area contributed by atoms with E-state index in [4.69, 9.17) is 4.74 Å². The molecule has 0 fully saturated rings. The van der Waals surface area contributed by atoms with E-state index in [1.54, 1.807) is 12.2 Å². The van der Waals surface area contributed by atoms with E-state index in [1.807, 2.05) is 27.7 Å². The van der Waals surface area contributed by atoms with E-state index in [9.17, 15) is 0 Å². The highest BCUT2D eigenvalue weighted by atomic mass is 16.5. The van der Waals surface area contributed by atoms with Crippen molar-refractivity contribution in [3.05, 3.63) is 36.8 Å². The van der Waals surface area contributed by atoms with Gasteiger partial charge in [0.25, 0.3) is 0 Å². The predicted octanol–water partition coefficient (Wildman–Crippen LogP) is 3.20. The first kappa shape index (κ1) is 14.3. The van der Waals surface area contributed by atoms with Gasteiger partial charge in [0.1, 0.15) is 5.76 Å². The molecule has 0 saturated carbocycles. The Balaban J connectivity index is 0. The highest BCUT2D eigenvalue weighted by molar-refractivity contribution is 5.27. The van der Waals surface area contributed by atoms with Crippen LogP contribution in [0.3, 0.4) is 0 Å². The zero-order valence-corrected chi connectivity index (χ0v) is 9.18. The topological polar surface area (TPSA) is 21.3 Å². The van der Waals surface area contributed by atoms with Gasteiger partial charge in [0, 0.05) is 0 Å². The molecule has 2 nitrogen and oxygen atoms in total. The third-order valence-corrected chi connectivity index (χ3v) is 1.15. The molecule has 0 saturated heterocycles. The van der Waals surface area contributed by atoms with Crippen LogP contribution in [-0.2, 0) is 4.74 Å². The van der Waals surface area contributed by atoms with Crippen molar-refractivity contribution >= 4 is 0 Å². The molecule has 0 bridgehead atoms. The molecule has 1 heterocycles. The molecule has 0 radical (unpaired) electrons. The highest BCUT2D eigenvalue weighted by Gasteiger charge is 2.06. The van der Waals surface area contributed by atoms with E-state index in [2.05, 4.69) is 18.5 Å². The minimum atomic E-state index is 0.530. The maximum atomic E-state index is 5.08. The SMILES string of the molecule is C=CC1=C(C=C)OCN1.CC.CC. The van der Waals surface area contributed by atoms with Crippen LogP contribution in [0.1, 0.15) is 27.7 Å². The molecule has 0 aromatic heterocycles. The minimum Gasteiger partial charge on any atom is -0.471 e. The normalized spacial score (nSPS) is 12.3. The second kappa shape index (κ2) is 10.8. The zero-order chi connectivity index (χ0) is 10.7. The third-order valence-electron chi connectivity index (χ3n) is 1.15. The van der Waals surface area contributed by atoms with Crippen molar-refractivity contribution < 1.29 is 4.74 Å². The summed E-state index contributed by atoms with van der Waals surface area (Å²) in [6.45, 7) is 15.7. The standard InChI is InChI=1S/C7H9NO.2C2H6/c1-3-6-7(4-2)9-5-8-6;2*1-2/h3-4,8H,1-2,5H2;2*1-2H3. The molecule has 0 amide bonds.